The summed E-state index contributed by atoms with van der Waals surface area (Å²) in [5.41, 5.74) is 5.11. The topological polar surface area (TPSA) is 48.3 Å². The molecular formula is C23H27NO3. The number of hydrogen-bond acceptors (Lipinski definition) is 3. The number of carbonyl (C=O) groups excluding carboxylic acids is 1. The minimum Gasteiger partial charge on any atom is -0.493 e. The molecule has 0 amide bonds. The molecule has 0 aliphatic heterocycles. The second kappa shape index (κ2) is 7.34. The number of Topliss-reactive ketones (excluding diaryl/α,β-unsaturated/α-hetero) is 1. The SMILES string of the molecule is Cc1cc(-c2cc3c(c(OCC4CCCC4)c2)CC(=O)CC3)cn(C)c1=O. The van der Waals surface area contributed by atoms with Gasteiger partial charge in [0.05, 0.1) is 6.61 Å². The summed E-state index contributed by atoms with van der Waals surface area (Å²) in [6.45, 7) is 2.58. The van der Waals surface area contributed by atoms with Gasteiger partial charge in [-0.15, -0.1) is 0 Å². The summed E-state index contributed by atoms with van der Waals surface area (Å²) in [7, 11) is 1.79. The van der Waals surface area contributed by atoms with Crippen LogP contribution in [0.3, 0.4) is 0 Å². The first kappa shape index (κ1) is 18.0. The van der Waals surface area contributed by atoms with Gasteiger partial charge in [0, 0.05) is 37.2 Å². The number of hydrogen-bond donors (Lipinski definition) is 0. The third-order valence-electron chi connectivity index (χ3n) is 5.99. The molecule has 1 aromatic heterocycles. The highest BCUT2D eigenvalue weighted by molar-refractivity contribution is 5.85. The Hall–Kier alpha value is -2.36. The van der Waals surface area contributed by atoms with Crippen LogP contribution in [0.4, 0.5) is 0 Å². The van der Waals surface area contributed by atoms with E-state index in [9.17, 15) is 9.59 Å². The van der Waals surface area contributed by atoms with E-state index in [4.69, 9.17) is 4.74 Å². The average Bonchev–Trinajstić information content (AvgIpc) is 3.17. The Balaban J connectivity index is 1.73. The van der Waals surface area contributed by atoms with Gasteiger partial charge in [-0.25, -0.2) is 0 Å². The zero-order chi connectivity index (χ0) is 19.0. The molecule has 2 aliphatic rings. The van der Waals surface area contributed by atoms with Crippen LogP contribution in [0.1, 0.15) is 48.8 Å². The second-order valence-corrected chi connectivity index (χ2v) is 8.12. The van der Waals surface area contributed by atoms with Gasteiger partial charge in [0.15, 0.2) is 0 Å². The largest absolute Gasteiger partial charge is 0.493 e. The molecular weight excluding hydrogens is 338 g/mol. The van der Waals surface area contributed by atoms with E-state index in [1.165, 1.54) is 31.2 Å². The Kier molecular flexibility index (Phi) is 4.90. The number of carbonyl (C=O) groups is 1. The van der Waals surface area contributed by atoms with Crippen LogP contribution < -0.4 is 10.3 Å². The van der Waals surface area contributed by atoms with E-state index in [0.717, 1.165) is 41.0 Å². The van der Waals surface area contributed by atoms with Crippen LogP contribution in [0.15, 0.2) is 29.2 Å². The fourth-order valence-electron chi connectivity index (χ4n) is 4.40. The summed E-state index contributed by atoms with van der Waals surface area (Å²) < 4.78 is 7.89. The lowest BCUT2D eigenvalue weighted by Crippen LogP contribution is -2.19. The quantitative estimate of drug-likeness (QED) is 0.823. The van der Waals surface area contributed by atoms with E-state index in [0.29, 0.717) is 24.5 Å². The number of nitrogens with zero attached hydrogens (tertiary/aromatic N) is 1. The van der Waals surface area contributed by atoms with E-state index >= 15 is 0 Å². The minimum absolute atomic E-state index is 0.0278. The first-order valence-electron chi connectivity index (χ1n) is 9.99. The number of pyridine rings is 1. The van der Waals surface area contributed by atoms with Gasteiger partial charge >= 0.3 is 0 Å². The molecule has 0 atom stereocenters. The molecule has 4 heteroatoms. The fraction of sp³-hybridized carbons (Fsp3) is 0.478. The molecule has 0 saturated heterocycles. The molecule has 1 heterocycles. The van der Waals surface area contributed by atoms with E-state index in [-0.39, 0.29) is 5.56 Å². The predicted octanol–water partition coefficient (Wildman–Crippen LogP) is 3.99. The van der Waals surface area contributed by atoms with Crippen molar-refractivity contribution >= 4 is 5.78 Å². The average molecular weight is 365 g/mol. The zero-order valence-electron chi connectivity index (χ0n) is 16.2. The lowest BCUT2D eigenvalue weighted by Gasteiger charge is -2.22. The molecule has 0 bridgehead atoms. The molecule has 0 N–H and O–H groups in total. The molecule has 4 nitrogen and oxygen atoms in total. The standard InChI is InChI=1S/C23H27NO3/c1-15-9-19(13-24(2)23(15)26)18-10-17-7-8-20(25)12-21(17)22(11-18)27-14-16-5-3-4-6-16/h9-11,13,16H,3-8,12,14H2,1-2H3. The van der Waals surface area contributed by atoms with Crippen molar-refractivity contribution in [3.8, 4) is 16.9 Å². The molecule has 0 radical (unpaired) electrons. The smallest absolute Gasteiger partial charge is 0.253 e. The Morgan fingerprint density at radius 3 is 2.59 bits per heavy atom. The Labute approximate surface area is 160 Å². The van der Waals surface area contributed by atoms with E-state index in [2.05, 4.69) is 12.1 Å². The van der Waals surface area contributed by atoms with E-state index < -0.39 is 0 Å². The minimum atomic E-state index is 0.0278. The third kappa shape index (κ3) is 3.71. The highest BCUT2D eigenvalue weighted by Gasteiger charge is 2.23. The Morgan fingerprint density at radius 2 is 1.85 bits per heavy atom. The van der Waals surface area contributed by atoms with Crippen molar-refractivity contribution in [1.82, 2.24) is 4.57 Å². The van der Waals surface area contributed by atoms with Crippen molar-refractivity contribution in [2.24, 2.45) is 13.0 Å². The van der Waals surface area contributed by atoms with Crippen LogP contribution in [0.2, 0.25) is 0 Å². The van der Waals surface area contributed by atoms with Crippen LogP contribution in [0.5, 0.6) is 5.75 Å². The van der Waals surface area contributed by atoms with E-state index in [1.54, 1.807) is 11.6 Å². The van der Waals surface area contributed by atoms with Gasteiger partial charge in [-0.3, -0.25) is 9.59 Å². The Bertz CT molecular complexity index is 909. The summed E-state index contributed by atoms with van der Waals surface area (Å²) in [4.78, 5) is 24.1. The molecule has 27 heavy (non-hydrogen) atoms. The number of ether oxygens (including phenoxy) is 1. The summed E-state index contributed by atoms with van der Waals surface area (Å²) in [6, 6.07) is 6.17. The number of fused-ring (bicyclic) bond motifs is 1. The van der Waals surface area contributed by atoms with Crippen LogP contribution in [0, 0.1) is 12.8 Å². The summed E-state index contributed by atoms with van der Waals surface area (Å²) in [5.74, 6) is 1.77. The number of benzene rings is 1. The molecule has 0 spiro atoms. The molecule has 1 aromatic carbocycles. The van der Waals surface area contributed by atoms with Gasteiger partial charge in [-0.05, 0) is 60.9 Å². The van der Waals surface area contributed by atoms with E-state index in [1.807, 2.05) is 19.2 Å². The van der Waals surface area contributed by atoms with Gasteiger partial charge < -0.3 is 9.30 Å². The number of rotatable bonds is 4. The van der Waals surface area contributed by atoms with Crippen LogP contribution in [-0.2, 0) is 24.7 Å². The van der Waals surface area contributed by atoms with Crippen LogP contribution in [-0.4, -0.2) is 17.0 Å². The normalized spacial score (nSPS) is 17.2. The number of aryl methyl sites for hydroxylation is 3. The lowest BCUT2D eigenvalue weighted by atomic mass is 9.87. The second-order valence-electron chi connectivity index (χ2n) is 8.12. The van der Waals surface area contributed by atoms with Crippen molar-refractivity contribution in [2.45, 2.75) is 51.9 Å². The van der Waals surface area contributed by atoms with Gasteiger partial charge in [0.2, 0.25) is 0 Å². The van der Waals surface area contributed by atoms with Gasteiger partial charge in [0.1, 0.15) is 11.5 Å². The van der Waals surface area contributed by atoms with Gasteiger partial charge in [-0.2, -0.15) is 0 Å². The van der Waals surface area contributed by atoms with Crippen LogP contribution >= 0.6 is 0 Å². The fourth-order valence-corrected chi connectivity index (χ4v) is 4.40. The number of ketones is 1. The number of aromatic nitrogens is 1. The summed E-state index contributed by atoms with van der Waals surface area (Å²) in [6.07, 6.45) is 8.79. The van der Waals surface area contributed by atoms with Crippen molar-refractivity contribution < 1.29 is 9.53 Å². The van der Waals surface area contributed by atoms with Crippen LogP contribution in [0.25, 0.3) is 11.1 Å². The maximum Gasteiger partial charge on any atom is 0.253 e. The molecule has 1 fully saturated rings. The summed E-state index contributed by atoms with van der Waals surface area (Å²) >= 11 is 0. The van der Waals surface area contributed by atoms with Gasteiger partial charge in [0.25, 0.3) is 5.56 Å². The van der Waals surface area contributed by atoms with Crippen molar-refractivity contribution in [1.29, 1.82) is 0 Å². The first-order chi connectivity index (χ1) is 13.0. The molecule has 0 unspecified atom stereocenters. The first-order valence-corrected chi connectivity index (χ1v) is 9.99. The molecule has 4 rings (SSSR count). The highest BCUT2D eigenvalue weighted by Crippen LogP contribution is 2.35. The lowest BCUT2D eigenvalue weighted by molar-refractivity contribution is -0.118. The highest BCUT2D eigenvalue weighted by atomic mass is 16.5. The third-order valence-corrected chi connectivity index (χ3v) is 5.99. The predicted molar refractivity (Wildman–Crippen MR) is 106 cm³/mol. The van der Waals surface area contributed by atoms with Crippen molar-refractivity contribution in [3.63, 3.8) is 0 Å². The Morgan fingerprint density at radius 1 is 1.07 bits per heavy atom. The molecule has 2 aliphatic carbocycles. The van der Waals surface area contributed by atoms with Gasteiger partial charge in [-0.1, -0.05) is 18.9 Å². The van der Waals surface area contributed by atoms with Crippen molar-refractivity contribution in [3.05, 3.63) is 51.4 Å². The van der Waals surface area contributed by atoms with Crippen molar-refractivity contribution in [2.75, 3.05) is 6.61 Å². The maximum absolute atomic E-state index is 12.0. The molecule has 1 saturated carbocycles. The molecule has 2 aromatic rings. The zero-order valence-corrected chi connectivity index (χ0v) is 16.2. The monoisotopic (exact) mass is 365 g/mol. The maximum atomic E-state index is 12.0. The summed E-state index contributed by atoms with van der Waals surface area (Å²) in [5, 5.41) is 0. The molecule has 142 valence electrons.